The van der Waals surface area contributed by atoms with Crippen molar-refractivity contribution < 1.29 is 18.7 Å². The van der Waals surface area contributed by atoms with E-state index < -0.39 is 23.8 Å². The van der Waals surface area contributed by atoms with Gasteiger partial charge in [0.2, 0.25) is 6.10 Å². The molecule has 2 N–H and O–H groups in total. The number of amides is 1. The van der Waals surface area contributed by atoms with Gasteiger partial charge >= 0.3 is 5.97 Å². The van der Waals surface area contributed by atoms with E-state index in [1.165, 1.54) is 35.3 Å². The number of rotatable bonds is 5. The Labute approximate surface area is 141 Å². The van der Waals surface area contributed by atoms with E-state index in [0.29, 0.717) is 5.69 Å². The highest BCUT2D eigenvalue weighted by Gasteiger charge is 2.23. The average molecular weight is 341 g/mol. The number of nitrogens with zero attached hydrogens (tertiary/aromatic N) is 4. The van der Waals surface area contributed by atoms with E-state index in [1.807, 2.05) is 0 Å². The molecule has 0 aliphatic carbocycles. The van der Waals surface area contributed by atoms with Crippen LogP contribution in [0.4, 0.5) is 4.39 Å². The molecule has 0 saturated heterocycles. The first kappa shape index (κ1) is 16.2. The highest BCUT2D eigenvalue weighted by Crippen LogP contribution is 2.20. The Morgan fingerprint density at radius 1 is 1.08 bits per heavy atom. The molecular weight excluding hydrogens is 329 g/mol. The summed E-state index contributed by atoms with van der Waals surface area (Å²) in [7, 11) is 0. The molecule has 1 aromatic heterocycles. The summed E-state index contributed by atoms with van der Waals surface area (Å²) in [6.07, 6.45) is 0.0950. The maximum atomic E-state index is 13.0. The number of aromatic nitrogens is 4. The first-order chi connectivity index (χ1) is 12.0. The summed E-state index contributed by atoms with van der Waals surface area (Å²) in [5, 5.41) is 10.8. The molecule has 0 radical (unpaired) electrons. The molecule has 8 nitrogen and oxygen atoms in total. The molecule has 0 unspecified atom stereocenters. The third kappa shape index (κ3) is 3.66. The minimum absolute atomic E-state index is 0.213. The summed E-state index contributed by atoms with van der Waals surface area (Å²) in [5.41, 5.74) is 6.43. The number of benzene rings is 2. The topological polar surface area (TPSA) is 113 Å². The lowest BCUT2D eigenvalue weighted by Gasteiger charge is -2.15. The molecule has 0 fully saturated rings. The predicted molar refractivity (Wildman–Crippen MR) is 82.9 cm³/mol. The lowest BCUT2D eigenvalue weighted by atomic mass is 10.1. The number of carbonyl (C=O) groups is 2. The normalized spacial score (nSPS) is 11.7. The second kappa shape index (κ2) is 6.87. The zero-order valence-electron chi connectivity index (χ0n) is 12.7. The van der Waals surface area contributed by atoms with Crippen LogP contribution in [0.25, 0.3) is 5.69 Å². The summed E-state index contributed by atoms with van der Waals surface area (Å²) in [6, 6.07) is 11.2. The molecule has 1 atom stereocenters. The molecule has 3 rings (SSSR count). The molecule has 0 aliphatic heterocycles. The van der Waals surface area contributed by atoms with Crippen LogP contribution in [0.5, 0.6) is 0 Å². The highest BCUT2D eigenvalue weighted by atomic mass is 19.1. The second-order valence-electron chi connectivity index (χ2n) is 5.04. The molecule has 25 heavy (non-hydrogen) atoms. The Bertz CT molecular complexity index is 879. The standard InChI is InChI=1S/C16H12FN5O3/c17-12-5-1-10(2-6-12)14(15(18)23)25-16(24)11-3-7-13(8-4-11)22-9-19-20-21-22/h1-9,14H,(H2,18,23)/t14-/m0/s1. The van der Waals surface area contributed by atoms with Gasteiger partial charge in [0.1, 0.15) is 12.1 Å². The first-order valence-electron chi connectivity index (χ1n) is 7.14. The lowest BCUT2D eigenvalue weighted by molar-refractivity contribution is -0.127. The van der Waals surface area contributed by atoms with E-state index in [4.69, 9.17) is 10.5 Å². The maximum Gasteiger partial charge on any atom is 0.339 e. The van der Waals surface area contributed by atoms with E-state index in [-0.39, 0.29) is 11.1 Å². The number of carbonyl (C=O) groups excluding carboxylic acids is 2. The fourth-order valence-electron chi connectivity index (χ4n) is 2.13. The van der Waals surface area contributed by atoms with Crippen LogP contribution >= 0.6 is 0 Å². The van der Waals surface area contributed by atoms with Crippen molar-refractivity contribution in [3.05, 3.63) is 71.8 Å². The van der Waals surface area contributed by atoms with Crippen LogP contribution in [0, 0.1) is 5.82 Å². The molecule has 9 heteroatoms. The van der Waals surface area contributed by atoms with Gasteiger partial charge in [-0.1, -0.05) is 12.1 Å². The summed E-state index contributed by atoms with van der Waals surface area (Å²) in [4.78, 5) is 23.8. The third-order valence-corrected chi connectivity index (χ3v) is 3.37. The van der Waals surface area contributed by atoms with Crippen molar-refractivity contribution in [2.75, 3.05) is 0 Å². The van der Waals surface area contributed by atoms with Gasteiger partial charge < -0.3 is 10.5 Å². The first-order valence-corrected chi connectivity index (χ1v) is 7.14. The van der Waals surface area contributed by atoms with Gasteiger partial charge in [-0.25, -0.2) is 13.9 Å². The van der Waals surface area contributed by atoms with Crippen molar-refractivity contribution in [1.29, 1.82) is 0 Å². The van der Waals surface area contributed by atoms with Gasteiger partial charge in [-0.15, -0.1) is 5.10 Å². The van der Waals surface area contributed by atoms with Gasteiger partial charge in [0.25, 0.3) is 5.91 Å². The fraction of sp³-hybridized carbons (Fsp3) is 0.0625. The van der Waals surface area contributed by atoms with Crippen molar-refractivity contribution in [2.24, 2.45) is 5.73 Å². The molecule has 0 aliphatic rings. The Balaban J connectivity index is 1.77. The molecular formula is C16H12FN5O3. The number of ether oxygens (including phenoxy) is 1. The highest BCUT2D eigenvalue weighted by molar-refractivity contribution is 5.92. The number of primary amides is 1. The van der Waals surface area contributed by atoms with E-state index >= 15 is 0 Å². The van der Waals surface area contributed by atoms with Crippen LogP contribution in [0.2, 0.25) is 0 Å². The number of halogens is 1. The van der Waals surface area contributed by atoms with Crippen LogP contribution < -0.4 is 5.73 Å². The monoisotopic (exact) mass is 341 g/mol. The number of hydrogen-bond donors (Lipinski definition) is 1. The zero-order valence-corrected chi connectivity index (χ0v) is 12.7. The van der Waals surface area contributed by atoms with Crippen LogP contribution in [0.15, 0.2) is 54.9 Å². The Morgan fingerprint density at radius 3 is 2.32 bits per heavy atom. The summed E-state index contributed by atoms with van der Waals surface area (Å²) >= 11 is 0. The summed E-state index contributed by atoms with van der Waals surface area (Å²) in [5.74, 6) is -2.07. The second-order valence-corrected chi connectivity index (χ2v) is 5.04. The van der Waals surface area contributed by atoms with Crippen molar-refractivity contribution >= 4 is 11.9 Å². The molecule has 3 aromatic rings. The average Bonchev–Trinajstić information content (AvgIpc) is 3.15. The lowest BCUT2D eigenvalue weighted by Crippen LogP contribution is -2.26. The number of nitrogens with two attached hydrogens (primary N) is 1. The van der Waals surface area contributed by atoms with Gasteiger partial charge in [0.15, 0.2) is 0 Å². The van der Waals surface area contributed by atoms with Gasteiger partial charge in [-0.3, -0.25) is 4.79 Å². The van der Waals surface area contributed by atoms with Crippen molar-refractivity contribution in [3.63, 3.8) is 0 Å². The molecule has 0 bridgehead atoms. The largest absolute Gasteiger partial charge is 0.444 e. The van der Waals surface area contributed by atoms with Gasteiger partial charge in [0, 0.05) is 5.56 Å². The van der Waals surface area contributed by atoms with Gasteiger partial charge in [-0.05, 0) is 46.8 Å². The zero-order chi connectivity index (χ0) is 17.8. The maximum absolute atomic E-state index is 13.0. The van der Waals surface area contributed by atoms with Crippen LogP contribution in [-0.2, 0) is 9.53 Å². The van der Waals surface area contributed by atoms with Crippen molar-refractivity contribution in [1.82, 2.24) is 20.2 Å². The van der Waals surface area contributed by atoms with Gasteiger partial charge in [0.05, 0.1) is 11.3 Å². The molecule has 0 spiro atoms. The predicted octanol–water partition coefficient (Wildman–Crippen LogP) is 1.18. The minimum atomic E-state index is -1.31. The molecule has 126 valence electrons. The number of hydrogen-bond acceptors (Lipinski definition) is 6. The van der Waals surface area contributed by atoms with Crippen LogP contribution in [0.1, 0.15) is 22.0 Å². The summed E-state index contributed by atoms with van der Waals surface area (Å²) in [6.45, 7) is 0. The minimum Gasteiger partial charge on any atom is -0.444 e. The SMILES string of the molecule is NC(=O)[C@@H](OC(=O)c1ccc(-n2cnnn2)cc1)c1ccc(F)cc1. The fourth-order valence-corrected chi connectivity index (χ4v) is 2.13. The molecule has 1 amide bonds. The van der Waals surface area contributed by atoms with Crippen molar-refractivity contribution in [2.45, 2.75) is 6.10 Å². The van der Waals surface area contributed by atoms with E-state index in [0.717, 1.165) is 12.1 Å². The van der Waals surface area contributed by atoms with Crippen LogP contribution in [0.3, 0.4) is 0 Å². The molecule has 0 saturated carbocycles. The summed E-state index contributed by atoms with van der Waals surface area (Å²) < 4.78 is 19.6. The number of esters is 1. The molecule has 1 heterocycles. The van der Waals surface area contributed by atoms with Crippen LogP contribution in [-0.4, -0.2) is 32.1 Å². The van der Waals surface area contributed by atoms with E-state index in [1.54, 1.807) is 12.1 Å². The van der Waals surface area contributed by atoms with E-state index in [2.05, 4.69) is 15.5 Å². The van der Waals surface area contributed by atoms with Crippen molar-refractivity contribution in [3.8, 4) is 5.69 Å². The molecule has 2 aromatic carbocycles. The Hall–Kier alpha value is -3.62. The van der Waals surface area contributed by atoms with Gasteiger partial charge in [-0.2, -0.15) is 0 Å². The Kier molecular flexibility index (Phi) is 4.46. The number of tetrazole rings is 1. The quantitative estimate of drug-likeness (QED) is 0.697. The van der Waals surface area contributed by atoms with E-state index in [9.17, 15) is 14.0 Å². The Morgan fingerprint density at radius 2 is 1.76 bits per heavy atom. The third-order valence-electron chi connectivity index (χ3n) is 3.37. The smallest absolute Gasteiger partial charge is 0.339 e.